The maximum atomic E-state index is 11.8. The fraction of sp³-hybridized carbons (Fsp3) is 0.143. The third kappa shape index (κ3) is 2.92. The quantitative estimate of drug-likeness (QED) is 0.459. The molecule has 1 aromatic rings. The number of nitro benzene ring substituents is 1. The summed E-state index contributed by atoms with van der Waals surface area (Å²) in [5.74, 6) is 0. The fourth-order valence-corrected chi connectivity index (χ4v) is 0.861. The number of hydrogen-bond donors (Lipinski definition) is 1. The second kappa shape index (κ2) is 3.52. The van der Waals surface area contributed by atoms with Gasteiger partial charge in [0, 0.05) is 17.8 Å². The lowest BCUT2D eigenvalue weighted by atomic mass is 10.3. The maximum absolute atomic E-state index is 11.8. The van der Waals surface area contributed by atoms with E-state index in [0.717, 1.165) is 18.2 Å². The molecule has 4 nitrogen and oxygen atoms in total. The van der Waals surface area contributed by atoms with E-state index in [9.17, 15) is 23.3 Å². The van der Waals surface area contributed by atoms with E-state index in [4.69, 9.17) is 0 Å². The minimum Gasteiger partial charge on any atom is -0.297 e. The predicted octanol–water partition coefficient (Wildman–Crippen LogP) is 2.53. The average Bonchev–Trinajstić information content (AvgIpc) is 2.01. The van der Waals surface area contributed by atoms with E-state index in [2.05, 4.69) is 0 Å². The van der Waals surface area contributed by atoms with E-state index in [0.29, 0.717) is 0 Å². The van der Waals surface area contributed by atoms with Gasteiger partial charge in [0.15, 0.2) is 0 Å². The molecule has 0 aliphatic rings. The smallest absolute Gasteiger partial charge is 0.297 e. The van der Waals surface area contributed by atoms with Crippen LogP contribution in [0, 0.1) is 10.1 Å². The summed E-state index contributed by atoms with van der Waals surface area (Å²) in [5.41, 5.74) is -0.744. The number of anilines is 1. The second-order valence-corrected chi connectivity index (χ2v) is 2.43. The van der Waals surface area contributed by atoms with Crippen LogP contribution in [0.25, 0.3) is 0 Å². The largest absolute Gasteiger partial charge is 0.482 e. The molecule has 0 saturated carbocycles. The molecule has 1 aromatic carbocycles. The number of non-ortho nitro benzene ring substituents is 1. The second-order valence-electron chi connectivity index (χ2n) is 2.43. The van der Waals surface area contributed by atoms with Gasteiger partial charge in [-0.15, -0.1) is 0 Å². The van der Waals surface area contributed by atoms with Crippen molar-refractivity contribution in [3.8, 4) is 0 Å². The van der Waals surface area contributed by atoms with Crippen LogP contribution in [0.1, 0.15) is 0 Å². The molecule has 0 bridgehead atoms. The first-order valence-corrected chi connectivity index (χ1v) is 3.48. The molecule has 76 valence electrons. The van der Waals surface area contributed by atoms with Gasteiger partial charge in [-0.25, -0.2) is 0 Å². The van der Waals surface area contributed by atoms with Crippen LogP contribution in [0.3, 0.4) is 0 Å². The van der Waals surface area contributed by atoms with E-state index in [1.807, 2.05) is 0 Å². The summed E-state index contributed by atoms with van der Waals surface area (Å²) in [7, 11) is 0. The number of benzene rings is 1. The summed E-state index contributed by atoms with van der Waals surface area (Å²) in [5, 5.41) is 11.4. The summed E-state index contributed by atoms with van der Waals surface area (Å²) < 4.78 is 35.4. The third-order valence-electron chi connectivity index (χ3n) is 1.34. The molecule has 0 amide bonds. The molecule has 1 rings (SSSR count). The lowest BCUT2D eigenvalue weighted by Crippen LogP contribution is -2.20. The van der Waals surface area contributed by atoms with Gasteiger partial charge in [0.2, 0.25) is 0 Å². The molecular weight excluding hydrogens is 201 g/mol. The van der Waals surface area contributed by atoms with Gasteiger partial charge in [-0.2, -0.15) is 13.2 Å². The molecule has 0 radical (unpaired) electrons. The lowest BCUT2D eigenvalue weighted by molar-refractivity contribution is -0.384. The third-order valence-corrected chi connectivity index (χ3v) is 1.34. The number of alkyl halides is 3. The molecule has 0 aliphatic heterocycles. The fourth-order valence-electron chi connectivity index (χ4n) is 0.861. The molecule has 0 heterocycles. The van der Waals surface area contributed by atoms with Crippen LogP contribution in [0.2, 0.25) is 0 Å². The highest BCUT2D eigenvalue weighted by Crippen LogP contribution is 2.22. The van der Waals surface area contributed by atoms with Crippen LogP contribution in [0.5, 0.6) is 0 Å². The zero-order valence-corrected chi connectivity index (χ0v) is 6.71. The van der Waals surface area contributed by atoms with Crippen LogP contribution >= 0.6 is 0 Å². The summed E-state index contributed by atoms with van der Waals surface area (Å²) in [6, 6.07) is 4.20. The summed E-state index contributed by atoms with van der Waals surface area (Å²) >= 11 is 0. The van der Waals surface area contributed by atoms with Gasteiger partial charge >= 0.3 is 6.30 Å². The minimum absolute atomic E-state index is 0.355. The first kappa shape index (κ1) is 10.3. The number of nitro groups is 1. The van der Waals surface area contributed by atoms with Gasteiger partial charge in [0.1, 0.15) is 0 Å². The highest BCUT2D eigenvalue weighted by molar-refractivity contribution is 5.51. The van der Waals surface area contributed by atoms with Crippen LogP contribution in [-0.4, -0.2) is 11.2 Å². The van der Waals surface area contributed by atoms with Crippen molar-refractivity contribution < 1.29 is 18.1 Å². The van der Waals surface area contributed by atoms with Gasteiger partial charge in [-0.05, 0) is 6.07 Å². The van der Waals surface area contributed by atoms with Gasteiger partial charge in [-0.3, -0.25) is 15.4 Å². The monoisotopic (exact) mass is 206 g/mol. The Balaban J connectivity index is 2.89. The van der Waals surface area contributed by atoms with Gasteiger partial charge in [-0.1, -0.05) is 6.07 Å². The SMILES string of the molecule is O=[N+]([O-])c1cccc(NC(F)(F)F)c1. The Morgan fingerprint density at radius 3 is 2.50 bits per heavy atom. The van der Waals surface area contributed by atoms with Crippen molar-refractivity contribution in [3.63, 3.8) is 0 Å². The van der Waals surface area contributed by atoms with E-state index in [-0.39, 0.29) is 11.4 Å². The summed E-state index contributed by atoms with van der Waals surface area (Å²) in [6.07, 6.45) is -4.59. The Hall–Kier alpha value is -1.79. The van der Waals surface area contributed by atoms with Crippen LogP contribution in [-0.2, 0) is 0 Å². The Labute approximate surface area is 76.5 Å². The van der Waals surface area contributed by atoms with E-state index in [1.165, 1.54) is 11.4 Å². The van der Waals surface area contributed by atoms with Crippen molar-refractivity contribution >= 4 is 11.4 Å². The molecule has 0 aliphatic carbocycles. The van der Waals surface area contributed by atoms with Crippen LogP contribution < -0.4 is 5.32 Å². The number of rotatable bonds is 2. The Morgan fingerprint density at radius 1 is 1.36 bits per heavy atom. The number of nitrogens with zero attached hydrogens (tertiary/aromatic N) is 1. The highest BCUT2D eigenvalue weighted by Gasteiger charge is 2.27. The molecule has 0 spiro atoms. The van der Waals surface area contributed by atoms with E-state index in [1.54, 1.807) is 0 Å². The molecule has 0 saturated heterocycles. The van der Waals surface area contributed by atoms with Crippen LogP contribution in [0.4, 0.5) is 24.5 Å². The molecule has 7 heteroatoms. The first-order chi connectivity index (χ1) is 6.38. The first-order valence-electron chi connectivity index (χ1n) is 3.48. The van der Waals surface area contributed by atoms with E-state index < -0.39 is 11.2 Å². The average molecular weight is 206 g/mol. The number of halogens is 3. The molecular formula is C7H5F3N2O2. The number of nitrogens with one attached hydrogen (secondary N) is 1. The summed E-state index contributed by atoms with van der Waals surface area (Å²) in [4.78, 5) is 9.45. The maximum Gasteiger partial charge on any atom is 0.482 e. The summed E-state index contributed by atoms with van der Waals surface area (Å²) in [6.45, 7) is 0. The lowest BCUT2D eigenvalue weighted by Gasteiger charge is -2.08. The molecule has 0 fully saturated rings. The normalized spacial score (nSPS) is 11.1. The minimum atomic E-state index is -4.59. The van der Waals surface area contributed by atoms with Gasteiger partial charge in [0.25, 0.3) is 5.69 Å². The van der Waals surface area contributed by atoms with Crippen molar-refractivity contribution in [3.05, 3.63) is 34.4 Å². The molecule has 0 atom stereocenters. The molecule has 14 heavy (non-hydrogen) atoms. The van der Waals surface area contributed by atoms with Crippen molar-refractivity contribution in [1.82, 2.24) is 0 Å². The Morgan fingerprint density at radius 2 is 2.00 bits per heavy atom. The van der Waals surface area contributed by atoms with Crippen molar-refractivity contribution in [2.45, 2.75) is 6.30 Å². The van der Waals surface area contributed by atoms with Crippen molar-refractivity contribution in [2.24, 2.45) is 0 Å². The Bertz CT molecular complexity index is 351. The topological polar surface area (TPSA) is 55.2 Å². The van der Waals surface area contributed by atoms with Crippen molar-refractivity contribution in [2.75, 3.05) is 5.32 Å². The van der Waals surface area contributed by atoms with Gasteiger partial charge < -0.3 is 0 Å². The molecule has 0 unspecified atom stereocenters. The predicted molar refractivity (Wildman–Crippen MR) is 42.8 cm³/mol. The zero-order valence-electron chi connectivity index (χ0n) is 6.71. The van der Waals surface area contributed by atoms with Crippen LogP contribution in [0.15, 0.2) is 24.3 Å². The number of hydrogen-bond acceptors (Lipinski definition) is 3. The Kier molecular flexibility index (Phi) is 2.59. The standard InChI is InChI=1S/C7H5F3N2O2/c8-7(9,10)11-5-2-1-3-6(4-5)12(13)14/h1-4,11H. The van der Waals surface area contributed by atoms with Gasteiger partial charge in [0.05, 0.1) is 4.92 Å². The molecule has 1 N–H and O–H groups in total. The molecule has 0 aromatic heterocycles. The van der Waals surface area contributed by atoms with Crippen molar-refractivity contribution in [1.29, 1.82) is 0 Å². The zero-order chi connectivity index (χ0) is 10.8. The highest BCUT2D eigenvalue weighted by atomic mass is 19.4. The van der Waals surface area contributed by atoms with E-state index >= 15 is 0 Å².